The second-order valence-electron chi connectivity index (χ2n) is 5.10. The fraction of sp³-hybridized carbons (Fsp3) is 0.467. The standard InChI is InChI=1S/C15H21ClN2O3/c1-4-9(2)13(14(19)20)18-15(21)17-10(3)11-6-5-7-12(16)8-11/h5-10,13H,4H2,1-3H3,(H,19,20)(H2,17,18,21)/t9-,10?,13-/m0/s1. The third-order valence-corrected chi connectivity index (χ3v) is 3.70. The number of benzene rings is 1. The number of halogens is 1. The highest BCUT2D eigenvalue weighted by atomic mass is 35.5. The predicted molar refractivity (Wildman–Crippen MR) is 82.4 cm³/mol. The normalized spacial score (nSPS) is 14.9. The van der Waals surface area contributed by atoms with Gasteiger partial charge in [-0.15, -0.1) is 0 Å². The van der Waals surface area contributed by atoms with Gasteiger partial charge in [0.1, 0.15) is 6.04 Å². The molecule has 0 aliphatic carbocycles. The van der Waals surface area contributed by atoms with Gasteiger partial charge in [0.15, 0.2) is 0 Å². The van der Waals surface area contributed by atoms with Crippen LogP contribution in [0.15, 0.2) is 24.3 Å². The molecule has 1 rings (SSSR count). The molecule has 5 nitrogen and oxygen atoms in total. The van der Waals surface area contributed by atoms with Crippen molar-refractivity contribution in [3.63, 3.8) is 0 Å². The first kappa shape index (κ1) is 17.3. The van der Waals surface area contributed by atoms with Gasteiger partial charge < -0.3 is 15.7 Å². The highest BCUT2D eigenvalue weighted by Crippen LogP contribution is 2.17. The summed E-state index contributed by atoms with van der Waals surface area (Å²) in [5.74, 6) is -1.18. The number of carboxylic acids is 1. The lowest BCUT2D eigenvalue weighted by Gasteiger charge is -2.22. The Morgan fingerprint density at radius 2 is 1.95 bits per heavy atom. The number of carboxylic acid groups (broad SMARTS) is 1. The molecule has 6 heteroatoms. The van der Waals surface area contributed by atoms with Crippen LogP contribution in [0.3, 0.4) is 0 Å². The van der Waals surface area contributed by atoms with Crippen molar-refractivity contribution in [2.45, 2.75) is 39.3 Å². The molecule has 2 amide bonds. The zero-order valence-corrected chi connectivity index (χ0v) is 13.1. The Balaban J connectivity index is 2.65. The molecule has 0 aromatic heterocycles. The van der Waals surface area contributed by atoms with Crippen LogP contribution in [0.4, 0.5) is 4.79 Å². The number of nitrogens with one attached hydrogen (secondary N) is 2. The summed E-state index contributed by atoms with van der Waals surface area (Å²) in [7, 11) is 0. The molecule has 1 unspecified atom stereocenters. The fourth-order valence-corrected chi connectivity index (χ4v) is 2.12. The topological polar surface area (TPSA) is 78.4 Å². The van der Waals surface area contributed by atoms with Gasteiger partial charge in [0.2, 0.25) is 0 Å². The summed E-state index contributed by atoms with van der Waals surface area (Å²) in [6, 6.07) is 5.48. The summed E-state index contributed by atoms with van der Waals surface area (Å²) in [6.45, 7) is 5.48. The van der Waals surface area contributed by atoms with Crippen molar-refractivity contribution in [2.24, 2.45) is 5.92 Å². The molecule has 0 bridgehead atoms. The molecule has 0 radical (unpaired) electrons. The molecule has 116 valence electrons. The third kappa shape index (κ3) is 5.27. The van der Waals surface area contributed by atoms with Crippen molar-refractivity contribution in [3.05, 3.63) is 34.9 Å². The Bertz CT molecular complexity index is 507. The Hall–Kier alpha value is -1.75. The minimum Gasteiger partial charge on any atom is -0.480 e. The molecule has 0 aliphatic rings. The van der Waals surface area contributed by atoms with Gasteiger partial charge in [-0.3, -0.25) is 0 Å². The highest BCUT2D eigenvalue weighted by molar-refractivity contribution is 6.30. The van der Waals surface area contributed by atoms with E-state index in [0.717, 1.165) is 5.56 Å². The summed E-state index contributed by atoms with van der Waals surface area (Å²) in [5, 5.41) is 15.0. The van der Waals surface area contributed by atoms with Crippen molar-refractivity contribution in [2.75, 3.05) is 0 Å². The Labute approximate surface area is 129 Å². The van der Waals surface area contributed by atoms with Crippen molar-refractivity contribution in [3.8, 4) is 0 Å². The van der Waals surface area contributed by atoms with Gasteiger partial charge in [0.25, 0.3) is 0 Å². The van der Waals surface area contributed by atoms with E-state index in [-0.39, 0.29) is 12.0 Å². The lowest BCUT2D eigenvalue weighted by molar-refractivity contribution is -0.140. The minimum atomic E-state index is -1.03. The van der Waals surface area contributed by atoms with E-state index >= 15 is 0 Å². The SMILES string of the molecule is CC[C@H](C)[C@H](NC(=O)NC(C)c1cccc(Cl)c1)C(=O)O. The van der Waals surface area contributed by atoms with Crippen LogP contribution in [0.5, 0.6) is 0 Å². The van der Waals surface area contributed by atoms with Crippen molar-refractivity contribution >= 4 is 23.6 Å². The number of urea groups is 1. The molecule has 21 heavy (non-hydrogen) atoms. The van der Waals surface area contributed by atoms with E-state index in [1.54, 1.807) is 25.1 Å². The van der Waals surface area contributed by atoms with Crippen LogP contribution in [0, 0.1) is 5.92 Å². The zero-order valence-electron chi connectivity index (χ0n) is 12.4. The van der Waals surface area contributed by atoms with Crippen LogP contribution < -0.4 is 10.6 Å². The number of aliphatic carboxylic acids is 1. The molecular formula is C15H21ClN2O3. The Morgan fingerprint density at radius 3 is 2.48 bits per heavy atom. The average molecular weight is 313 g/mol. The van der Waals surface area contributed by atoms with Gasteiger partial charge in [-0.1, -0.05) is 44.0 Å². The van der Waals surface area contributed by atoms with Crippen LogP contribution in [0.1, 0.15) is 38.8 Å². The quantitative estimate of drug-likeness (QED) is 0.754. The molecule has 0 heterocycles. The molecular weight excluding hydrogens is 292 g/mol. The van der Waals surface area contributed by atoms with E-state index in [4.69, 9.17) is 16.7 Å². The van der Waals surface area contributed by atoms with Gasteiger partial charge in [0, 0.05) is 5.02 Å². The molecule has 3 N–H and O–H groups in total. The van der Waals surface area contributed by atoms with Crippen molar-refractivity contribution in [1.82, 2.24) is 10.6 Å². The second kappa shape index (κ2) is 7.88. The number of hydrogen-bond acceptors (Lipinski definition) is 2. The Kier molecular flexibility index (Phi) is 6.49. The average Bonchev–Trinajstić information content (AvgIpc) is 2.43. The maximum atomic E-state index is 11.9. The molecule has 1 aromatic carbocycles. The van der Waals surface area contributed by atoms with Crippen LogP contribution in [-0.4, -0.2) is 23.1 Å². The van der Waals surface area contributed by atoms with Crippen LogP contribution in [0.25, 0.3) is 0 Å². The number of amides is 2. The first-order valence-corrected chi connectivity index (χ1v) is 7.28. The van der Waals surface area contributed by atoms with Crippen LogP contribution in [0.2, 0.25) is 5.02 Å². The molecule has 0 aliphatic heterocycles. The lowest BCUT2D eigenvalue weighted by Crippen LogP contribution is -2.49. The van der Waals surface area contributed by atoms with E-state index in [1.165, 1.54) is 0 Å². The van der Waals surface area contributed by atoms with E-state index in [1.807, 2.05) is 19.9 Å². The molecule has 0 saturated heterocycles. The summed E-state index contributed by atoms with van der Waals surface area (Å²) in [5.41, 5.74) is 0.855. The first-order valence-electron chi connectivity index (χ1n) is 6.90. The summed E-state index contributed by atoms with van der Waals surface area (Å²) in [4.78, 5) is 23.1. The summed E-state index contributed by atoms with van der Waals surface area (Å²) >= 11 is 5.91. The number of hydrogen-bond donors (Lipinski definition) is 3. The van der Waals surface area contributed by atoms with Crippen LogP contribution >= 0.6 is 11.6 Å². The van der Waals surface area contributed by atoms with Crippen molar-refractivity contribution in [1.29, 1.82) is 0 Å². The van der Waals surface area contributed by atoms with Gasteiger partial charge in [0.05, 0.1) is 6.04 Å². The molecule has 1 aromatic rings. The zero-order chi connectivity index (χ0) is 16.0. The third-order valence-electron chi connectivity index (χ3n) is 3.46. The smallest absolute Gasteiger partial charge is 0.326 e. The maximum absolute atomic E-state index is 11.9. The van der Waals surface area contributed by atoms with Crippen LogP contribution in [-0.2, 0) is 4.79 Å². The fourth-order valence-electron chi connectivity index (χ4n) is 1.92. The number of rotatable bonds is 6. The van der Waals surface area contributed by atoms with E-state index in [9.17, 15) is 9.59 Å². The largest absolute Gasteiger partial charge is 0.480 e. The van der Waals surface area contributed by atoms with E-state index in [0.29, 0.717) is 11.4 Å². The summed E-state index contributed by atoms with van der Waals surface area (Å²) in [6.07, 6.45) is 0.668. The Morgan fingerprint density at radius 1 is 1.29 bits per heavy atom. The number of carbonyl (C=O) groups excluding carboxylic acids is 1. The van der Waals surface area contributed by atoms with Crippen molar-refractivity contribution < 1.29 is 14.7 Å². The summed E-state index contributed by atoms with van der Waals surface area (Å²) < 4.78 is 0. The molecule has 0 fully saturated rings. The van der Waals surface area contributed by atoms with E-state index < -0.39 is 18.0 Å². The second-order valence-corrected chi connectivity index (χ2v) is 5.53. The minimum absolute atomic E-state index is 0.144. The lowest BCUT2D eigenvalue weighted by atomic mass is 9.99. The number of carbonyl (C=O) groups is 2. The first-order chi connectivity index (χ1) is 9.85. The predicted octanol–water partition coefficient (Wildman–Crippen LogP) is 3.20. The van der Waals surface area contributed by atoms with Gasteiger partial charge >= 0.3 is 12.0 Å². The van der Waals surface area contributed by atoms with Gasteiger partial charge in [-0.05, 0) is 30.5 Å². The van der Waals surface area contributed by atoms with Gasteiger partial charge in [-0.2, -0.15) is 0 Å². The molecule has 0 spiro atoms. The molecule has 0 saturated carbocycles. The van der Waals surface area contributed by atoms with Gasteiger partial charge in [-0.25, -0.2) is 9.59 Å². The highest BCUT2D eigenvalue weighted by Gasteiger charge is 2.25. The monoisotopic (exact) mass is 312 g/mol. The van der Waals surface area contributed by atoms with E-state index in [2.05, 4.69) is 10.6 Å². The molecule has 3 atom stereocenters. The maximum Gasteiger partial charge on any atom is 0.326 e.